The standard InChI is InChI=1S/C16H16ClN5O/c17-13-9-14(21-15(20-13)10-5-6-10)18-7-8-22-12-4-2-1-3-11(12)19-16(22)23/h1-4,9-10H,5-8H2,(H,19,23)(H,18,20,21). The van der Waals surface area contributed by atoms with Gasteiger partial charge in [-0.1, -0.05) is 23.7 Å². The van der Waals surface area contributed by atoms with Crippen molar-refractivity contribution in [1.82, 2.24) is 19.5 Å². The van der Waals surface area contributed by atoms with Crippen LogP contribution < -0.4 is 11.0 Å². The Morgan fingerprint density at radius 3 is 2.96 bits per heavy atom. The fourth-order valence-electron chi connectivity index (χ4n) is 2.67. The number of hydrogen-bond acceptors (Lipinski definition) is 4. The van der Waals surface area contributed by atoms with Crippen molar-refractivity contribution in [2.45, 2.75) is 25.3 Å². The SMILES string of the molecule is O=c1[nH]c2ccccc2n1CCNc1cc(Cl)nc(C2CC2)n1. The van der Waals surface area contributed by atoms with Crippen molar-refractivity contribution in [3.05, 3.63) is 51.8 Å². The van der Waals surface area contributed by atoms with Crippen LogP contribution in [0.25, 0.3) is 11.0 Å². The molecule has 6 nitrogen and oxygen atoms in total. The van der Waals surface area contributed by atoms with Crippen molar-refractivity contribution in [3.63, 3.8) is 0 Å². The van der Waals surface area contributed by atoms with Crippen molar-refractivity contribution in [1.29, 1.82) is 0 Å². The molecule has 2 heterocycles. The minimum Gasteiger partial charge on any atom is -0.368 e. The van der Waals surface area contributed by atoms with E-state index in [9.17, 15) is 4.79 Å². The number of nitrogens with zero attached hydrogens (tertiary/aromatic N) is 3. The van der Waals surface area contributed by atoms with Crippen LogP contribution in [0.3, 0.4) is 0 Å². The molecule has 0 saturated heterocycles. The molecule has 0 radical (unpaired) electrons. The van der Waals surface area contributed by atoms with Gasteiger partial charge in [0.2, 0.25) is 0 Å². The van der Waals surface area contributed by atoms with E-state index in [1.807, 2.05) is 24.3 Å². The molecular formula is C16H16ClN5O. The van der Waals surface area contributed by atoms with Gasteiger partial charge in [0.15, 0.2) is 0 Å². The number of nitrogens with one attached hydrogen (secondary N) is 2. The van der Waals surface area contributed by atoms with Gasteiger partial charge in [-0.2, -0.15) is 0 Å². The van der Waals surface area contributed by atoms with Gasteiger partial charge in [-0.15, -0.1) is 0 Å². The third kappa shape index (κ3) is 2.94. The van der Waals surface area contributed by atoms with Crippen molar-refractivity contribution >= 4 is 28.5 Å². The van der Waals surface area contributed by atoms with E-state index in [-0.39, 0.29) is 5.69 Å². The average molecular weight is 330 g/mol. The topological polar surface area (TPSA) is 75.6 Å². The molecule has 4 rings (SSSR count). The number of aromatic nitrogens is 4. The summed E-state index contributed by atoms with van der Waals surface area (Å²) in [5.74, 6) is 1.97. The molecule has 0 unspecified atom stereocenters. The second kappa shape index (κ2) is 5.70. The number of anilines is 1. The molecule has 0 aliphatic heterocycles. The Morgan fingerprint density at radius 1 is 1.30 bits per heavy atom. The zero-order valence-electron chi connectivity index (χ0n) is 12.4. The maximum Gasteiger partial charge on any atom is 0.326 e. The van der Waals surface area contributed by atoms with Crippen LogP contribution in [0.1, 0.15) is 24.6 Å². The summed E-state index contributed by atoms with van der Waals surface area (Å²) >= 11 is 6.05. The van der Waals surface area contributed by atoms with Gasteiger partial charge in [0.25, 0.3) is 0 Å². The highest BCUT2D eigenvalue weighted by atomic mass is 35.5. The first-order valence-electron chi connectivity index (χ1n) is 7.66. The van der Waals surface area contributed by atoms with E-state index in [2.05, 4.69) is 20.3 Å². The number of fused-ring (bicyclic) bond motifs is 1. The van der Waals surface area contributed by atoms with Crippen LogP contribution in [0.5, 0.6) is 0 Å². The maximum atomic E-state index is 12.0. The Balaban J connectivity index is 1.49. The number of halogens is 1. The zero-order valence-corrected chi connectivity index (χ0v) is 13.2. The smallest absolute Gasteiger partial charge is 0.326 e. The molecule has 1 fully saturated rings. The highest BCUT2D eigenvalue weighted by Crippen LogP contribution is 2.38. The molecule has 0 bridgehead atoms. The predicted molar refractivity (Wildman–Crippen MR) is 90.1 cm³/mol. The predicted octanol–water partition coefficient (Wildman–Crippen LogP) is 2.76. The summed E-state index contributed by atoms with van der Waals surface area (Å²) in [6, 6.07) is 9.37. The first-order valence-corrected chi connectivity index (χ1v) is 8.04. The van der Waals surface area contributed by atoms with Crippen LogP contribution in [-0.4, -0.2) is 26.1 Å². The molecule has 1 saturated carbocycles. The summed E-state index contributed by atoms with van der Waals surface area (Å²) in [6.07, 6.45) is 2.26. The lowest BCUT2D eigenvalue weighted by molar-refractivity contribution is 0.718. The minimum absolute atomic E-state index is 0.104. The normalized spacial score (nSPS) is 14.3. The molecule has 0 spiro atoms. The van der Waals surface area contributed by atoms with Gasteiger partial charge in [-0.25, -0.2) is 14.8 Å². The van der Waals surface area contributed by atoms with Gasteiger partial charge >= 0.3 is 5.69 Å². The molecule has 0 amide bonds. The van der Waals surface area contributed by atoms with Crippen molar-refractivity contribution in [3.8, 4) is 0 Å². The third-order valence-electron chi connectivity index (χ3n) is 3.98. The van der Waals surface area contributed by atoms with Crippen molar-refractivity contribution in [2.24, 2.45) is 0 Å². The van der Waals surface area contributed by atoms with Crippen molar-refractivity contribution in [2.75, 3.05) is 11.9 Å². The van der Waals surface area contributed by atoms with Crippen LogP contribution in [0.15, 0.2) is 35.1 Å². The number of H-pyrrole nitrogens is 1. The quantitative estimate of drug-likeness (QED) is 0.706. The molecule has 1 aromatic carbocycles. The summed E-state index contributed by atoms with van der Waals surface area (Å²) in [5, 5.41) is 3.68. The molecule has 118 valence electrons. The van der Waals surface area contributed by atoms with E-state index < -0.39 is 0 Å². The molecule has 2 N–H and O–H groups in total. The Bertz CT molecular complexity index is 912. The van der Waals surface area contributed by atoms with E-state index in [4.69, 9.17) is 11.6 Å². The number of aromatic amines is 1. The Hall–Kier alpha value is -2.34. The highest BCUT2D eigenvalue weighted by molar-refractivity contribution is 6.29. The number of benzene rings is 1. The Kier molecular flexibility index (Phi) is 3.53. The van der Waals surface area contributed by atoms with Crippen LogP contribution in [-0.2, 0) is 6.54 Å². The Labute approximate surface area is 137 Å². The van der Waals surface area contributed by atoms with Crippen LogP contribution in [0.2, 0.25) is 5.15 Å². The molecule has 23 heavy (non-hydrogen) atoms. The van der Waals surface area contributed by atoms with Crippen molar-refractivity contribution < 1.29 is 0 Å². The lowest BCUT2D eigenvalue weighted by atomic mass is 10.3. The molecule has 7 heteroatoms. The van der Waals surface area contributed by atoms with E-state index in [0.717, 1.165) is 29.7 Å². The van der Waals surface area contributed by atoms with Gasteiger partial charge in [0.1, 0.15) is 16.8 Å². The number of rotatable bonds is 5. The van der Waals surface area contributed by atoms with Gasteiger partial charge in [-0.3, -0.25) is 4.57 Å². The van der Waals surface area contributed by atoms with E-state index in [1.165, 1.54) is 0 Å². The second-order valence-corrected chi connectivity index (χ2v) is 6.12. The second-order valence-electron chi connectivity index (χ2n) is 5.73. The first kappa shape index (κ1) is 14.3. The number of imidazole rings is 1. The number of para-hydroxylation sites is 2. The molecule has 1 aliphatic rings. The molecular weight excluding hydrogens is 314 g/mol. The summed E-state index contributed by atoms with van der Waals surface area (Å²) in [7, 11) is 0. The van der Waals surface area contributed by atoms with E-state index in [0.29, 0.717) is 30.0 Å². The van der Waals surface area contributed by atoms with Gasteiger partial charge < -0.3 is 10.3 Å². The van der Waals surface area contributed by atoms with E-state index >= 15 is 0 Å². The van der Waals surface area contributed by atoms with E-state index in [1.54, 1.807) is 10.6 Å². The maximum absolute atomic E-state index is 12.0. The fraction of sp³-hybridized carbons (Fsp3) is 0.312. The lowest BCUT2D eigenvalue weighted by Crippen LogP contribution is -2.21. The van der Waals surface area contributed by atoms with Gasteiger partial charge in [0, 0.05) is 25.1 Å². The fourth-order valence-corrected chi connectivity index (χ4v) is 2.86. The van der Waals surface area contributed by atoms with Crippen LogP contribution in [0.4, 0.5) is 5.82 Å². The Morgan fingerprint density at radius 2 is 2.13 bits per heavy atom. The summed E-state index contributed by atoms with van der Waals surface area (Å²) in [4.78, 5) is 23.6. The first-order chi connectivity index (χ1) is 11.2. The zero-order chi connectivity index (χ0) is 15.8. The molecule has 0 atom stereocenters. The molecule has 3 aromatic rings. The lowest BCUT2D eigenvalue weighted by Gasteiger charge is -2.08. The number of hydrogen-bond donors (Lipinski definition) is 2. The summed E-state index contributed by atoms with van der Waals surface area (Å²) in [6.45, 7) is 1.13. The van der Waals surface area contributed by atoms with Gasteiger partial charge in [-0.05, 0) is 25.0 Å². The summed E-state index contributed by atoms with van der Waals surface area (Å²) in [5.41, 5.74) is 1.64. The molecule has 1 aliphatic carbocycles. The molecule has 2 aromatic heterocycles. The monoisotopic (exact) mass is 329 g/mol. The van der Waals surface area contributed by atoms with Crippen LogP contribution >= 0.6 is 11.6 Å². The average Bonchev–Trinajstić information content (AvgIpc) is 3.32. The third-order valence-corrected chi connectivity index (χ3v) is 4.17. The highest BCUT2D eigenvalue weighted by Gasteiger charge is 2.27. The minimum atomic E-state index is -0.104. The largest absolute Gasteiger partial charge is 0.368 e. The summed E-state index contributed by atoms with van der Waals surface area (Å²) < 4.78 is 1.72. The van der Waals surface area contributed by atoms with Crippen LogP contribution in [0, 0.1) is 0 Å². The van der Waals surface area contributed by atoms with Gasteiger partial charge in [0.05, 0.1) is 11.0 Å².